The second kappa shape index (κ2) is 7.19. The first-order valence-electron chi connectivity index (χ1n) is 6.85. The minimum atomic E-state index is -0.379. The summed E-state index contributed by atoms with van der Waals surface area (Å²) in [5, 5.41) is 14.6. The molecule has 0 amide bonds. The minimum absolute atomic E-state index is 0.0502. The van der Waals surface area contributed by atoms with Crippen LogP contribution < -0.4 is 10.1 Å². The molecule has 0 aromatic carbocycles. The maximum absolute atomic E-state index is 11.2. The highest BCUT2D eigenvalue weighted by Gasteiger charge is 2.31. The van der Waals surface area contributed by atoms with E-state index >= 15 is 0 Å². The fourth-order valence-corrected chi connectivity index (χ4v) is 2.54. The zero-order valence-electron chi connectivity index (χ0n) is 12.7. The Bertz CT molecular complexity index is 463. The van der Waals surface area contributed by atoms with Gasteiger partial charge in [-0.1, -0.05) is 20.8 Å². The van der Waals surface area contributed by atoms with Crippen LogP contribution in [-0.2, 0) is 0 Å². The lowest BCUT2D eigenvalue weighted by molar-refractivity contribution is -0.386. The molecule has 1 aromatic rings. The summed E-state index contributed by atoms with van der Waals surface area (Å²) >= 11 is 0. The second-order valence-corrected chi connectivity index (χ2v) is 5.13. The van der Waals surface area contributed by atoms with Crippen molar-refractivity contribution in [3.8, 4) is 5.88 Å². The average molecular weight is 281 g/mol. The first-order valence-corrected chi connectivity index (χ1v) is 6.85. The van der Waals surface area contributed by atoms with Gasteiger partial charge in [-0.05, 0) is 19.4 Å². The first-order chi connectivity index (χ1) is 9.42. The van der Waals surface area contributed by atoms with Crippen LogP contribution in [0.4, 0.5) is 5.69 Å². The van der Waals surface area contributed by atoms with E-state index in [2.05, 4.69) is 10.3 Å². The van der Waals surface area contributed by atoms with E-state index in [1.54, 1.807) is 0 Å². The van der Waals surface area contributed by atoms with Crippen molar-refractivity contribution < 1.29 is 9.66 Å². The van der Waals surface area contributed by atoms with Crippen molar-refractivity contribution in [3.05, 3.63) is 27.9 Å². The summed E-state index contributed by atoms with van der Waals surface area (Å²) in [6.07, 6.45) is 0. The lowest BCUT2D eigenvalue weighted by Gasteiger charge is -2.27. The number of hydrogen-bond acceptors (Lipinski definition) is 5. The lowest BCUT2D eigenvalue weighted by atomic mass is 9.85. The van der Waals surface area contributed by atoms with Crippen LogP contribution in [0.1, 0.15) is 39.3 Å². The van der Waals surface area contributed by atoms with Crippen LogP contribution in [0.5, 0.6) is 5.88 Å². The van der Waals surface area contributed by atoms with E-state index in [4.69, 9.17) is 4.74 Å². The van der Waals surface area contributed by atoms with Crippen molar-refractivity contribution in [2.45, 2.75) is 39.7 Å². The Hall–Kier alpha value is -1.69. The third-order valence-corrected chi connectivity index (χ3v) is 3.38. The molecule has 0 aliphatic heterocycles. The molecular weight excluding hydrogens is 258 g/mol. The molecule has 1 N–H and O–H groups in total. The highest BCUT2D eigenvalue weighted by molar-refractivity contribution is 5.41. The predicted molar refractivity (Wildman–Crippen MR) is 78.2 cm³/mol. The Morgan fingerprint density at radius 1 is 1.40 bits per heavy atom. The van der Waals surface area contributed by atoms with Gasteiger partial charge in [0.2, 0.25) is 5.88 Å². The summed E-state index contributed by atoms with van der Waals surface area (Å²) in [5.41, 5.74) is 0.534. The largest absolute Gasteiger partial charge is 0.481 e. The zero-order valence-corrected chi connectivity index (χ0v) is 12.7. The van der Waals surface area contributed by atoms with Crippen molar-refractivity contribution in [2.75, 3.05) is 13.7 Å². The van der Waals surface area contributed by atoms with Crippen LogP contribution in [0.2, 0.25) is 0 Å². The fourth-order valence-electron chi connectivity index (χ4n) is 2.54. The quantitative estimate of drug-likeness (QED) is 0.614. The standard InChI is InChI=1S/C14H23N3O3/c1-6-15-10(4)13(9(2)3)14-11(17(18)19)7-8-12(16-14)20-5/h7-10,13,15H,6H2,1-5H3. The van der Waals surface area contributed by atoms with Crippen LogP contribution in [0.3, 0.4) is 0 Å². The molecule has 0 aliphatic carbocycles. The van der Waals surface area contributed by atoms with E-state index in [1.165, 1.54) is 19.2 Å². The van der Waals surface area contributed by atoms with Gasteiger partial charge in [0.15, 0.2) is 0 Å². The topological polar surface area (TPSA) is 77.3 Å². The van der Waals surface area contributed by atoms with Gasteiger partial charge in [-0.3, -0.25) is 10.1 Å². The summed E-state index contributed by atoms with van der Waals surface area (Å²) in [5.74, 6) is 0.577. The predicted octanol–water partition coefficient (Wildman–Crippen LogP) is 2.74. The van der Waals surface area contributed by atoms with E-state index in [-0.39, 0.29) is 28.5 Å². The Kier molecular flexibility index (Phi) is 5.88. The van der Waals surface area contributed by atoms with Gasteiger partial charge in [0.05, 0.1) is 12.0 Å². The van der Waals surface area contributed by atoms with Crippen LogP contribution in [0, 0.1) is 16.0 Å². The van der Waals surface area contributed by atoms with Gasteiger partial charge in [0.1, 0.15) is 5.69 Å². The number of likely N-dealkylation sites (N-methyl/N-ethyl adjacent to an activating group) is 1. The number of nitrogens with zero attached hydrogens (tertiary/aromatic N) is 2. The number of rotatable bonds is 7. The van der Waals surface area contributed by atoms with E-state index < -0.39 is 0 Å². The molecule has 1 aromatic heterocycles. The summed E-state index contributed by atoms with van der Waals surface area (Å²) in [6.45, 7) is 8.94. The fraction of sp³-hybridized carbons (Fsp3) is 0.643. The van der Waals surface area contributed by atoms with Gasteiger partial charge in [-0.15, -0.1) is 0 Å². The molecule has 112 valence electrons. The van der Waals surface area contributed by atoms with Crippen molar-refractivity contribution in [1.82, 2.24) is 10.3 Å². The van der Waals surface area contributed by atoms with Crippen molar-refractivity contribution in [3.63, 3.8) is 0 Å². The molecule has 0 spiro atoms. The number of hydrogen-bond donors (Lipinski definition) is 1. The minimum Gasteiger partial charge on any atom is -0.481 e. The summed E-state index contributed by atoms with van der Waals surface area (Å²) in [4.78, 5) is 15.2. The summed E-state index contributed by atoms with van der Waals surface area (Å²) in [6, 6.07) is 3.09. The van der Waals surface area contributed by atoms with E-state index in [9.17, 15) is 10.1 Å². The Morgan fingerprint density at radius 2 is 2.05 bits per heavy atom. The highest BCUT2D eigenvalue weighted by atomic mass is 16.6. The molecule has 2 unspecified atom stereocenters. The highest BCUT2D eigenvalue weighted by Crippen LogP contribution is 2.34. The van der Waals surface area contributed by atoms with Crippen LogP contribution in [0.15, 0.2) is 12.1 Å². The Balaban J connectivity index is 3.32. The monoisotopic (exact) mass is 281 g/mol. The van der Waals surface area contributed by atoms with E-state index in [1.807, 2.05) is 27.7 Å². The van der Waals surface area contributed by atoms with Crippen molar-refractivity contribution in [2.24, 2.45) is 5.92 Å². The number of nitro groups is 1. The summed E-state index contributed by atoms with van der Waals surface area (Å²) < 4.78 is 5.11. The second-order valence-electron chi connectivity index (χ2n) is 5.13. The number of nitrogens with one attached hydrogen (secondary N) is 1. The molecule has 0 saturated carbocycles. The number of ether oxygens (including phenoxy) is 1. The molecule has 6 heteroatoms. The first kappa shape index (κ1) is 16.4. The van der Waals surface area contributed by atoms with Gasteiger partial charge >= 0.3 is 0 Å². The maximum atomic E-state index is 11.2. The Morgan fingerprint density at radius 3 is 2.50 bits per heavy atom. The third kappa shape index (κ3) is 3.66. The van der Waals surface area contributed by atoms with Gasteiger partial charge in [-0.25, -0.2) is 4.98 Å². The molecule has 1 rings (SSSR count). The number of pyridine rings is 1. The van der Waals surface area contributed by atoms with Gasteiger partial charge in [0, 0.05) is 24.1 Å². The lowest BCUT2D eigenvalue weighted by Crippen LogP contribution is -2.35. The van der Waals surface area contributed by atoms with E-state index in [0.29, 0.717) is 11.6 Å². The molecule has 0 radical (unpaired) electrons. The molecule has 0 bridgehead atoms. The number of methoxy groups -OCH3 is 1. The van der Waals surface area contributed by atoms with Gasteiger partial charge in [-0.2, -0.15) is 0 Å². The number of aromatic nitrogens is 1. The SMILES string of the molecule is CCNC(C)C(c1nc(OC)ccc1[N+](=O)[O-])C(C)C. The molecule has 1 heterocycles. The van der Waals surface area contributed by atoms with Crippen molar-refractivity contribution in [1.29, 1.82) is 0 Å². The van der Waals surface area contributed by atoms with Crippen LogP contribution in [-0.4, -0.2) is 29.6 Å². The molecule has 2 atom stereocenters. The maximum Gasteiger partial charge on any atom is 0.291 e. The van der Waals surface area contributed by atoms with Crippen molar-refractivity contribution >= 4 is 5.69 Å². The molecule has 0 fully saturated rings. The summed E-state index contributed by atoms with van der Waals surface area (Å²) in [7, 11) is 1.51. The van der Waals surface area contributed by atoms with Gasteiger partial charge in [0.25, 0.3) is 5.69 Å². The van der Waals surface area contributed by atoms with Crippen LogP contribution in [0.25, 0.3) is 0 Å². The zero-order chi connectivity index (χ0) is 15.3. The van der Waals surface area contributed by atoms with Gasteiger partial charge < -0.3 is 10.1 Å². The normalized spacial score (nSPS) is 14.1. The van der Waals surface area contributed by atoms with E-state index in [0.717, 1.165) is 6.54 Å². The molecule has 20 heavy (non-hydrogen) atoms. The molecule has 0 saturated heterocycles. The van der Waals surface area contributed by atoms with Crippen LogP contribution >= 0.6 is 0 Å². The molecule has 0 aliphatic rings. The Labute approximate surface area is 119 Å². The third-order valence-electron chi connectivity index (χ3n) is 3.38. The molecular formula is C14H23N3O3. The smallest absolute Gasteiger partial charge is 0.291 e. The average Bonchev–Trinajstić information content (AvgIpc) is 2.38. The molecule has 6 nitrogen and oxygen atoms in total.